The molecule has 3 heteroatoms. The van der Waals surface area contributed by atoms with E-state index in [2.05, 4.69) is 17.1 Å². The van der Waals surface area contributed by atoms with E-state index in [0.29, 0.717) is 5.69 Å². The van der Waals surface area contributed by atoms with Crippen molar-refractivity contribution in [3.8, 4) is 0 Å². The largest absolute Gasteiger partial charge is 0.464 e. The first-order valence-electron chi connectivity index (χ1n) is 5.25. The second kappa shape index (κ2) is 4.34. The maximum absolute atomic E-state index is 11.5. The molecule has 1 N–H and O–H groups in total. The van der Waals surface area contributed by atoms with E-state index in [1.165, 1.54) is 12.7 Å². The highest BCUT2D eigenvalue weighted by Crippen LogP contribution is 2.21. The lowest BCUT2D eigenvalue weighted by Gasteiger charge is -2.06. The third-order valence-electron chi connectivity index (χ3n) is 2.78. The van der Waals surface area contributed by atoms with Crippen LogP contribution in [0.3, 0.4) is 0 Å². The number of carbonyl (C=O) groups excluding carboxylic acids is 1. The van der Waals surface area contributed by atoms with Crippen molar-refractivity contribution < 1.29 is 9.53 Å². The summed E-state index contributed by atoms with van der Waals surface area (Å²) in [5, 5.41) is 0. The number of methoxy groups -OCH3 is 1. The van der Waals surface area contributed by atoms with Crippen LogP contribution in [0.25, 0.3) is 0 Å². The third kappa shape index (κ3) is 1.96. The number of H-pyrrole nitrogens is 1. The van der Waals surface area contributed by atoms with E-state index in [9.17, 15) is 4.79 Å². The maximum Gasteiger partial charge on any atom is 0.354 e. The van der Waals surface area contributed by atoms with E-state index >= 15 is 0 Å². The summed E-state index contributed by atoms with van der Waals surface area (Å²) in [5.41, 5.74) is 3.01. The second-order valence-corrected chi connectivity index (χ2v) is 3.71. The van der Waals surface area contributed by atoms with Crippen LogP contribution in [0.4, 0.5) is 0 Å². The Labute approximate surface area is 89.1 Å². The number of aryl methyl sites for hydroxylation is 1. The molecule has 0 radical (unpaired) electrons. The number of aromatic amines is 1. The van der Waals surface area contributed by atoms with Crippen molar-refractivity contribution in [1.82, 2.24) is 4.98 Å². The molecule has 0 aliphatic heterocycles. The third-order valence-corrected chi connectivity index (χ3v) is 2.78. The molecule has 1 aromatic rings. The van der Waals surface area contributed by atoms with Crippen LogP contribution in [0.15, 0.2) is 18.3 Å². The minimum Gasteiger partial charge on any atom is -0.464 e. The minimum absolute atomic E-state index is 0.263. The molecule has 0 aromatic carbocycles. The first kappa shape index (κ1) is 10.0. The molecule has 0 unspecified atom stereocenters. The molecule has 1 aromatic heterocycles. The number of carbonyl (C=O) groups is 1. The van der Waals surface area contributed by atoms with Gasteiger partial charge in [0.05, 0.1) is 7.11 Å². The summed E-state index contributed by atoms with van der Waals surface area (Å²) in [7, 11) is 1.42. The van der Waals surface area contributed by atoms with Gasteiger partial charge >= 0.3 is 5.97 Å². The van der Waals surface area contributed by atoms with Crippen molar-refractivity contribution in [3.63, 3.8) is 0 Å². The van der Waals surface area contributed by atoms with Crippen molar-refractivity contribution in [2.45, 2.75) is 25.7 Å². The van der Waals surface area contributed by atoms with E-state index in [1.807, 2.05) is 6.20 Å². The molecule has 0 bridgehead atoms. The molecule has 15 heavy (non-hydrogen) atoms. The van der Waals surface area contributed by atoms with Gasteiger partial charge in [-0.15, -0.1) is 0 Å². The number of hydrogen-bond acceptors (Lipinski definition) is 2. The Kier molecular flexibility index (Phi) is 2.90. The van der Waals surface area contributed by atoms with Gasteiger partial charge in [-0.1, -0.05) is 12.2 Å². The van der Waals surface area contributed by atoms with Crippen LogP contribution >= 0.6 is 0 Å². The predicted octanol–water partition coefficient (Wildman–Crippen LogP) is 2.24. The van der Waals surface area contributed by atoms with Gasteiger partial charge in [0.1, 0.15) is 5.69 Å². The van der Waals surface area contributed by atoms with Crippen LogP contribution in [0.5, 0.6) is 0 Å². The van der Waals surface area contributed by atoms with Gasteiger partial charge in [0, 0.05) is 6.20 Å². The summed E-state index contributed by atoms with van der Waals surface area (Å²) in [6, 6.07) is 0. The summed E-state index contributed by atoms with van der Waals surface area (Å²) in [6.07, 6.45) is 10.3. The standard InChI is InChI=1S/C12H15NO2/c1-15-12(14)11-10-7-5-3-2-4-6-9(10)8-13-11/h2-3,8,13H,4-7H2,1H3/b3-2-. The molecule has 0 fully saturated rings. The normalized spacial score (nSPS) is 17.4. The summed E-state index contributed by atoms with van der Waals surface area (Å²) in [5.74, 6) is -0.263. The van der Waals surface area contributed by atoms with Crippen LogP contribution in [-0.4, -0.2) is 18.1 Å². The van der Waals surface area contributed by atoms with Crippen LogP contribution in [0, 0.1) is 0 Å². The lowest BCUT2D eigenvalue weighted by Crippen LogP contribution is -2.06. The highest BCUT2D eigenvalue weighted by molar-refractivity contribution is 5.89. The summed E-state index contributed by atoms with van der Waals surface area (Å²) in [6.45, 7) is 0. The van der Waals surface area contributed by atoms with Crippen LogP contribution < -0.4 is 0 Å². The Morgan fingerprint density at radius 1 is 1.33 bits per heavy atom. The fourth-order valence-corrected chi connectivity index (χ4v) is 1.99. The van der Waals surface area contributed by atoms with E-state index in [-0.39, 0.29) is 5.97 Å². The van der Waals surface area contributed by atoms with Gasteiger partial charge in [0.25, 0.3) is 0 Å². The van der Waals surface area contributed by atoms with Crippen molar-refractivity contribution in [1.29, 1.82) is 0 Å². The number of nitrogens with one attached hydrogen (secondary N) is 1. The molecule has 0 atom stereocenters. The Balaban J connectivity index is 2.32. The van der Waals surface area contributed by atoms with Gasteiger partial charge in [0.2, 0.25) is 0 Å². The molecular formula is C12H15NO2. The van der Waals surface area contributed by atoms with E-state index in [4.69, 9.17) is 4.74 Å². The first-order chi connectivity index (χ1) is 7.33. The number of aromatic nitrogens is 1. The fourth-order valence-electron chi connectivity index (χ4n) is 1.99. The second-order valence-electron chi connectivity index (χ2n) is 3.71. The zero-order valence-corrected chi connectivity index (χ0v) is 8.88. The Morgan fingerprint density at radius 3 is 2.80 bits per heavy atom. The van der Waals surface area contributed by atoms with E-state index in [0.717, 1.165) is 31.2 Å². The molecule has 0 amide bonds. The average Bonchev–Trinajstić information content (AvgIpc) is 2.59. The minimum atomic E-state index is -0.263. The fraction of sp³-hybridized carbons (Fsp3) is 0.417. The van der Waals surface area contributed by atoms with E-state index < -0.39 is 0 Å². The zero-order chi connectivity index (χ0) is 10.7. The predicted molar refractivity (Wildman–Crippen MR) is 57.9 cm³/mol. The van der Waals surface area contributed by atoms with Gasteiger partial charge in [-0.25, -0.2) is 4.79 Å². The molecule has 0 spiro atoms. The summed E-state index contributed by atoms with van der Waals surface area (Å²) < 4.78 is 4.74. The molecule has 1 heterocycles. The van der Waals surface area contributed by atoms with Gasteiger partial charge < -0.3 is 9.72 Å². The number of allylic oxidation sites excluding steroid dienone is 2. The first-order valence-corrected chi connectivity index (χ1v) is 5.25. The number of esters is 1. The Morgan fingerprint density at radius 2 is 2.07 bits per heavy atom. The van der Waals surface area contributed by atoms with E-state index in [1.54, 1.807) is 0 Å². The molecule has 0 saturated heterocycles. The molecule has 80 valence electrons. The Bertz CT molecular complexity index is 390. The number of hydrogen-bond donors (Lipinski definition) is 1. The quantitative estimate of drug-likeness (QED) is 0.564. The molecule has 1 aliphatic carbocycles. The lowest BCUT2D eigenvalue weighted by atomic mass is 9.99. The van der Waals surface area contributed by atoms with Gasteiger partial charge in [-0.3, -0.25) is 0 Å². The van der Waals surface area contributed by atoms with Gasteiger partial charge in [0.15, 0.2) is 0 Å². The van der Waals surface area contributed by atoms with Crippen molar-refractivity contribution in [3.05, 3.63) is 35.2 Å². The molecule has 0 saturated carbocycles. The van der Waals surface area contributed by atoms with Gasteiger partial charge in [-0.2, -0.15) is 0 Å². The lowest BCUT2D eigenvalue weighted by molar-refractivity contribution is 0.0593. The van der Waals surface area contributed by atoms with Crippen molar-refractivity contribution >= 4 is 5.97 Å². The molecule has 3 nitrogen and oxygen atoms in total. The highest BCUT2D eigenvalue weighted by atomic mass is 16.5. The van der Waals surface area contributed by atoms with Crippen LogP contribution in [0.1, 0.15) is 34.5 Å². The highest BCUT2D eigenvalue weighted by Gasteiger charge is 2.17. The molecule has 1 aliphatic rings. The van der Waals surface area contributed by atoms with Crippen LogP contribution in [0.2, 0.25) is 0 Å². The number of ether oxygens (including phenoxy) is 1. The SMILES string of the molecule is COC(=O)c1[nH]cc2c1CC/C=C\CC2. The average molecular weight is 205 g/mol. The topological polar surface area (TPSA) is 42.1 Å². The Hall–Kier alpha value is -1.51. The monoisotopic (exact) mass is 205 g/mol. The number of fused-ring (bicyclic) bond motifs is 1. The molecular weight excluding hydrogens is 190 g/mol. The summed E-state index contributed by atoms with van der Waals surface area (Å²) >= 11 is 0. The smallest absolute Gasteiger partial charge is 0.354 e. The number of rotatable bonds is 1. The van der Waals surface area contributed by atoms with Gasteiger partial charge in [-0.05, 0) is 36.8 Å². The van der Waals surface area contributed by atoms with Crippen LogP contribution in [-0.2, 0) is 17.6 Å². The summed E-state index contributed by atoms with van der Waals surface area (Å²) in [4.78, 5) is 14.5. The van der Waals surface area contributed by atoms with Crippen molar-refractivity contribution in [2.24, 2.45) is 0 Å². The maximum atomic E-state index is 11.5. The zero-order valence-electron chi connectivity index (χ0n) is 8.88. The van der Waals surface area contributed by atoms with Crippen molar-refractivity contribution in [2.75, 3.05) is 7.11 Å². The molecule has 2 rings (SSSR count).